The van der Waals surface area contributed by atoms with E-state index < -0.39 is 5.97 Å². The maximum absolute atomic E-state index is 10.2. The molecule has 0 saturated carbocycles. The maximum atomic E-state index is 10.2. The Labute approximate surface area is 200 Å². The second kappa shape index (κ2) is 23.6. The first-order valence-electron chi connectivity index (χ1n) is 11.2. The van der Waals surface area contributed by atoms with Crippen molar-refractivity contribution < 1.29 is 49.7 Å². The SMILES string of the molecule is CCCCCCCCCCCCCCCCCC(=O)[O-].Oc1ccc(O)cc1.[Na+]. The first-order valence-corrected chi connectivity index (χ1v) is 11.2. The van der Waals surface area contributed by atoms with E-state index >= 15 is 0 Å². The number of rotatable bonds is 16. The largest absolute Gasteiger partial charge is 1.00 e. The van der Waals surface area contributed by atoms with E-state index in [0.717, 1.165) is 12.8 Å². The zero-order valence-electron chi connectivity index (χ0n) is 18.8. The molecule has 1 aromatic rings. The molecule has 0 bridgehead atoms. The minimum atomic E-state index is -0.903. The van der Waals surface area contributed by atoms with Crippen LogP contribution in [-0.4, -0.2) is 16.2 Å². The molecule has 2 N–H and O–H groups in total. The Morgan fingerprint density at radius 3 is 1.21 bits per heavy atom. The van der Waals surface area contributed by atoms with Crippen molar-refractivity contribution in [2.45, 2.75) is 110 Å². The van der Waals surface area contributed by atoms with Gasteiger partial charge < -0.3 is 20.1 Å². The number of unbranched alkanes of at least 4 members (excludes halogenated alkanes) is 14. The van der Waals surface area contributed by atoms with Crippen molar-refractivity contribution in [2.75, 3.05) is 0 Å². The molecule has 1 aromatic carbocycles. The van der Waals surface area contributed by atoms with E-state index in [1.165, 1.54) is 108 Å². The average molecular weight is 417 g/mol. The summed E-state index contributed by atoms with van der Waals surface area (Å²) in [6, 6.07) is 5.70. The van der Waals surface area contributed by atoms with Gasteiger partial charge in [-0.3, -0.25) is 0 Å². The van der Waals surface area contributed by atoms with Crippen molar-refractivity contribution in [3.05, 3.63) is 24.3 Å². The quantitative estimate of drug-likeness (QED) is 0.247. The van der Waals surface area contributed by atoms with E-state index in [1.54, 1.807) is 0 Å². The topological polar surface area (TPSA) is 80.6 Å². The molecule has 162 valence electrons. The van der Waals surface area contributed by atoms with Gasteiger partial charge in [0.25, 0.3) is 0 Å². The number of carbonyl (C=O) groups is 1. The van der Waals surface area contributed by atoms with Crippen LogP contribution < -0.4 is 34.7 Å². The van der Waals surface area contributed by atoms with E-state index in [9.17, 15) is 9.90 Å². The third kappa shape index (κ3) is 25.3. The van der Waals surface area contributed by atoms with Gasteiger partial charge in [-0.1, -0.05) is 96.8 Å². The van der Waals surface area contributed by atoms with Gasteiger partial charge >= 0.3 is 29.6 Å². The van der Waals surface area contributed by atoms with E-state index in [0.29, 0.717) is 0 Å². The normalized spacial score (nSPS) is 9.97. The smallest absolute Gasteiger partial charge is 0.550 e. The third-order valence-electron chi connectivity index (χ3n) is 4.83. The van der Waals surface area contributed by atoms with Gasteiger partial charge in [0.15, 0.2) is 0 Å². The molecule has 29 heavy (non-hydrogen) atoms. The zero-order chi connectivity index (χ0) is 20.9. The molecule has 4 nitrogen and oxygen atoms in total. The van der Waals surface area contributed by atoms with Crippen LogP contribution in [-0.2, 0) is 4.79 Å². The van der Waals surface area contributed by atoms with Gasteiger partial charge in [-0.15, -0.1) is 0 Å². The standard InChI is InChI=1S/C18H36O2.C6H6O2.Na/c1-2-3-4-5-6-7-8-9-10-11-12-13-14-15-16-17-18(19)20;7-5-1-2-6(8)4-3-5;/h2-17H2,1H3,(H,19,20);1-4,7-8H;/q;;+1/p-1. The van der Waals surface area contributed by atoms with Crippen LogP contribution in [0.3, 0.4) is 0 Å². The van der Waals surface area contributed by atoms with Gasteiger partial charge in [0.1, 0.15) is 11.5 Å². The molecular weight excluding hydrogens is 375 g/mol. The number of carbonyl (C=O) groups excluding carboxylic acids is 1. The van der Waals surface area contributed by atoms with E-state index in [4.69, 9.17) is 10.2 Å². The first kappa shape index (κ1) is 30.5. The van der Waals surface area contributed by atoms with Crippen LogP contribution in [0.15, 0.2) is 24.3 Å². The van der Waals surface area contributed by atoms with Crippen molar-refractivity contribution in [1.82, 2.24) is 0 Å². The number of aromatic hydroxyl groups is 2. The summed E-state index contributed by atoms with van der Waals surface area (Å²) in [6.45, 7) is 2.27. The van der Waals surface area contributed by atoms with E-state index in [-0.39, 0.29) is 47.5 Å². The monoisotopic (exact) mass is 416 g/mol. The Bertz CT molecular complexity index is 441. The minimum Gasteiger partial charge on any atom is -0.550 e. The van der Waals surface area contributed by atoms with Crippen LogP contribution in [0.2, 0.25) is 0 Å². The first-order chi connectivity index (χ1) is 13.6. The van der Waals surface area contributed by atoms with Crippen molar-refractivity contribution in [1.29, 1.82) is 0 Å². The molecule has 1 rings (SSSR count). The molecule has 0 heterocycles. The summed E-state index contributed by atoms with van der Waals surface area (Å²) in [5.41, 5.74) is 0. The van der Waals surface area contributed by atoms with Gasteiger partial charge in [0.2, 0.25) is 0 Å². The van der Waals surface area contributed by atoms with Gasteiger partial charge in [-0.25, -0.2) is 0 Å². The number of hydrogen-bond donors (Lipinski definition) is 2. The van der Waals surface area contributed by atoms with Gasteiger partial charge in [0, 0.05) is 5.97 Å². The molecule has 0 unspecified atom stereocenters. The molecule has 0 saturated heterocycles. The van der Waals surface area contributed by atoms with Crippen LogP contribution in [0.1, 0.15) is 110 Å². The summed E-state index contributed by atoms with van der Waals surface area (Å²) in [7, 11) is 0. The molecule has 0 amide bonds. The second-order valence-electron chi connectivity index (χ2n) is 7.59. The zero-order valence-corrected chi connectivity index (χ0v) is 20.8. The van der Waals surface area contributed by atoms with Crippen molar-refractivity contribution in [3.63, 3.8) is 0 Å². The number of hydrogen-bond acceptors (Lipinski definition) is 4. The predicted octanol–water partition coefficient (Wildman–Crippen LogP) is 3.10. The summed E-state index contributed by atoms with van der Waals surface area (Å²) >= 11 is 0. The molecule has 0 atom stereocenters. The summed E-state index contributed by atoms with van der Waals surface area (Å²) in [4.78, 5) is 10.2. The molecule has 0 aliphatic carbocycles. The number of aliphatic carboxylic acids is 1. The minimum absolute atomic E-state index is 0. The second-order valence-corrected chi connectivity index (χ2v) is 7.59. The maximum Gasteiger partial charge on any atom is 1.00 e. The fourth-order valence-electron chi connectivity index (χ4n) is 3.09. The van der Waals surface area contributed by atoms with Crippen LogP contribution in [0.4, 0.5) is 0 Å². The number of carboxylic acid groups (broad SMARTS) is 1. The molecule has 0 fully saturated rings. The van der Waals surface area contributed by atoms with E-state index in [1.807, 2.05) is 0 Å². The Morgan fingerprint density at radius 1 is 0.655 bits per heavy atom. The molecule has 0 aliphatic rings. The summed E-state index contributed by atoms with van der Waals surface area (Å²) in [5, 5.41) is 27.5. The van der Waals surface area contributed by atoms with Gasteiger partial charge in [0.05, 0.1) is 0 Å². The number of carboxylic acids is 1. The van der Waals surface area contributed by atoms with Gasteiger partial charge in [-0.05, 0) is 37.1 Å². The van der Waals surface area contributed by atoms with Crippen molar-refractivity contribution in [3.8, 4) is 11.5 Å². The Balaban J connectivity index is 0. The van der Waals surface area contributed by atoms with Crippen LogP contribution >= 0.6 is 0 Å². The molecular formula is C24H41NaO4. The number of phenolic OH excluding ortho intramolecular Hbond substituents is 2. The molecule has 0 aliphatic heterocycles. The summed E-state index contributed by atoms with van der Waals surface area (Å²) in [5.74, 6) is -0.565. The Morgan fingerprint density at radius 2 is 0.931 bits per heavy atom. The van der Waals surface area contributed by atoms with Crippen LogP contribution in [0.25, 0.3) is 0 Å². The Hall–Kier alpha value is -0.710. The van der Waals surface area contributed by atoms with Gasteiger partial charge in [-0.2, -0.15) is 0 Å². The third-order valence-corrected chi connectivity index (χ3v) is 4.83. The molecule has 5 heteroatoms. The summed E-state index contributed by atoms with van der Waals surface area (Å²) < 4.78 is 0. The predicted molar refractivity (Wildman–Crippen MR) is 114 cm³/mol. The fraction of sp³-hybridized carbons (Fsp3) is 0.708. The Kier molecular flexibility index (Phi) is 24.8. The molecule has 0 spiro atoms. The summed E-state index contributed by atoms with van der Waals surface area (Å²) in [6.07, 6.45) is 19.9. The molecule has 0 aromatic heterocycles. The van der Waals surface area contributed by atoms with Crippen LogP contribution in [0.5, 0.6) is 11.5 Å². The van der Waals surface area contributed by atoms with Crippen LogP contribution in [0, 0.1) is 0 Å². The fourth-order valence-corrected chi connectivity index (χ4v) is 3.09. The molecule has 0 radical (unpaired) electrons. The van der Waals surface area contributed by atoms with Crippen molar-refractivity contribution in [2.24, 2.45) is 0 Å². The average Bonchev–Trinajstić information content (AvgIpc) is 2.67. The number of phenols is 2. The number of benzene rings is 1. The van der Waals surface area contributed by atoms with Crippen molar-refractivity contribution >= 4 is 5.97 Å². The van der Waals surface area contributed by atoms with E-state index in [2.05, 4.69) is 6.92 Å².